The molecule has 0 bridgehead atoms. The highest BCUT2D eigenvalue weighted by molar-refractivity contribution is 6.36. The van der Waals surface area contributed by atoms with Gasteiger partial charge in [-0.05, 0) is 48.9 Å². The molecule has 6 heteroatoms. The molecule has 0 aliphatic rings. The first-order chi connectivity index (χ1) is 14.2. The lowest BCUT2D eigenvalue weighted by atomic mass is 10.2. The van der Waals surface area contributed by atoms with E-state index in [2.05, 4.69) is 10.6 Å². The van der Waals surface area contributed by atoms with Crippen molar-refractivity contribution < 1.29 is 9.47 Å². The molecule has 3 aromatic carbocycles. The summed E-state index contributed by atoms with van der Waals surface area (Å²) in [6.07, 6.45) is 0.815. The van der Waals surface area contributed by atoms with Crippen LogP contribution in [-0.4, -0.2) is 23.3 Å². The predicted molar refractivity (Wildman–Crippen MR) is 118 cm³/mol. The summed E-state index contributed by atoms with van der Waals surface area (Å²) in [5, 5.41) is 1.19. The van der Waals surface area contributed by atoms with Crippen molar-refractivity contribution in [2.24, 2.45) is 0 Å². The minimum atomic E-state index is 0.577. The smallest absolute Gasteiger partial charge is 0.142 e. The van der Waals surface area contributed by atoms with Crippen molar-refractivity contribution in [1.29, 1.82) is 0 Å². The van der Waals surface area contributed by atoms with Crippen LogP contribution in [0.25, 0.3) is 22.4 Å². The number of halogens is 2. The number of hydrogen-bond acceptors (Lipinski definition) is 3. The summed E-state index contributed by atoms with van der Waals surface area (Å²) in [6.45, 7) is 1.33. The van der Waals surface area contributed by atoms with E-state index in [4.69, 9.17) is 37.7 Å². The lowest BCUT2D eigenvalue weighted by Crippen LogP contribution is -2.06. The van der Waals surface area contributed by atoms with Crippen LogP contribution < -0.4 is 9.47 Å². The van der Waals surface area contributed by atoms with Gasteiger partial charge in [0.1, 0.15) is 17.3 Å². The van der Waals surface area contributed by atoms with E-state index in [-0.39, 0.29) is 0 Å². The van der Waals surface area contributed by atoms with Gasteiger partial charge < -0.3 is 14.0 Å². The van der Waals surface area contributed by atoms with Gasteiger partial charge in [-0.15, -0.1) is 0 Å². The van der Waals surface area contributed by atoms with Crippen LogP contribution in [0.4, 0.5) is 0 Å². The van der Waals surface area contributed by atoms with E-state index in [0.29, 0.717) is 16.7 Å². The summed E-state index contributed by atoms with van der Waals surface area (Å²) in [4.78, 5) is 4.81. The molecule has 0 N–H and O–H groups in total. The third kappa shape index (κ3) is 4.34. The van der Waals surface area contributed by atoms with Crippen LogP contribution in [0.3, 0.4) is 0 Å². The van der Waals surface area contributed by atoms with E-state index < -0.39 is 0 Å². The minimum Gasteiger partial charge on any atom is -0.497 e. The molecule has 0 spiro atoms. The Balaban J connectivity index is 1.56. The number of nitrogens with zero attached hydrogens (tertiary/aromatic N) is 2. The normalized spacial score (nSPS) is 11.0. The molecule has 29 heavy (non-hydrogen) atoms. The van der Waals surface area contributed by atoms with Crippen molar-refractivity contribution >= 4 is 34.2 Å². The van der Waals surface area contributed by atoms with E-state index in [1.54, 1.807) is 13.2 Å². The molecule has 1 aromatic heterocycles. The van der Waals surface area contributed by atoms with E-state index in [1.807, 2.05) is 54.6 Å². The van der Waals surface area contributed by atoms with Crippen LogP contribution in [0.15, 0.2) is 66.7 Å². The van der Waals surface area contributed by atoms with Crippen LogP contribution in [0.1, 0.15) is 6.42 Å². The highest BCUT2D eigenvalue weighted by atomic mass is 35.5. The molecule has 0 amide bonds. The standard InChI is InChI=1S/C23H20Cl2N2O2/c1-28-17-6-4-7-18(15-17)29-13-5-12-27-22-9-3-2-8-21(22)26-23(27)19-11-10-16(24)14-20(19)25/h2-4,6-11,14-15H,5,12-13H2,1H3. The van der Waals surface area contributed by atoms with Crippen molar-refractivity contribution in [1.82, 2.24) is 9.55 Å². The number of ether oxygens (including phenoxy) is 2. The third-order valence-electron chi connectivity index (χ3n) is 4.66. The number of imidazole rings is 1. The summed E-state index contributed by atoms with van der Waals surface area (Å²) in [6, 6.07) is 21.2. The molecular formula is C23H20Cl2N2O2. The number of rotatable bonds is 7. The zero-order chi connectivity index (χ0) is 20.2. The molecule has 0 saturated heterocycles. The molecule has 4 nitrogen and oxygen atoms in total. The van der Waals surface area contributed by atoms with E-state index >= 15 is 0 Å². The van der Waals surface area contributed by atoms with Crippen molar-refractivity contribution in [3.05, 3.63) is 76.8 Å². The van der Waals surface area contributed by atoms with E-state index in [1.165, 1.54) is 0 Å². The lowest BCUT2D eigenvalue weighted by Gasteiger charge is -2.12. The van der Waals surface area contributed by atoms with Gasteiger partial charge in [0.2, 0.25) is 0 Å². The molecule has 0 aliphatic heterocycles. The summed E-state index contributed by atoms with van der Waals surface area (Å²) in [7, 11) is 1.65. The molecule has 4 rings (SSSR count). The number of aromatic nitrogens is 2. The van der Waals surface area contributed by atoms with Gasteiger partial charge in [-0.3, -0.25) is 0 Å². The van der Waals surface area contributed by atoms with E-state index in [9.17, 15) is 0 Å². The zero-order valence-corrected chi connectivity index (χ0v) is 17.5. The Bertz CT molecular complexity index is 1140. The van der Waals surface area contributed by atoms with Crippen LogP contribution in [0.5, 0.6) is 11.5 Å². The summed E-state index contributed by atoms with van der Waals surface area (Å²) < 4.78 is 13.3. The van der Waals surface area contributed by atoms with Gasteiger partial charge in [-0.25, -0.2) is 4.98 Å². The highest BCUT2D eigenvalue weighted by Crippen LogP contribution is 2.32. The molecular weight excluding hydrogens is 407 g/mol. The molecule has 148 valence electrons. The molecule has 4 aromatic rings. The molecule has 0 atom stereocenters. The lowest BCUT2D eigenvalue weighted by molar-refractivity contribution is 0.300. The largest absolute Gasteiger partial charge is 0.497 e. The summed E-state index contributed by atoms with van der Waals surface area (Å²) in [5.74, 6) is 2.40. The van der Waals surface area contributed by atoms with Gasteiger partial charge in [0.05, 0.1) is 29.8 Å². The Morgan fingerprint density at radius 2 is 1.76 bits per heavy atom. The van der Waals surface area contributed by atoms with Crippen LogP contribution >= 0.6 is 23.2 Å². The first-order valence-electron chi connectivity index (χ1n) is 9.33. The third-order valence-corrected chi connectivity index (χ3v) is 5.21. The second-order valence-electron chi connectivity index (χ2n) is 6.58. The van der Waals surface area contributed by atoms with Crippen LogP contribution in [0, 0.1) is 0 Å². The Kier molecular flexibility index (Phi) is 5.93. The second-order valence-corrected chi connectivity index (χ2v) is 7.42. The Hall–Kier alpha value is -2.69. The van der Waals surface area contributed by atoms with Crippen molar-refractivity contribution in [2.75, 3.05) is 13.7 Å². The van der Waals surface area contributed by atoms with Gasteiger partial charge in [-0.2, -0.15) is 0 Å². The fourth-order valence-electron chi connectivity index (χ4n) is 3.28. The number of hydrogen-bond donors (Lipinski definition) is 0. The topological polar surface area (TPSA) is 36.3 Å². The summed E-state index contributed by atoms with van der Waals surface area (Å²) >= 11 is 12.5. The van der Waals surface area contributed by atoms with Gasteiger partial charge in [-0.1, -0.05) is 41.4 Å². The molecule has 0 saturated carbocycles. The highest BCUT2D eigenvalue weighted by Gasteiger charge is 2.15. The van der Waals surface area contributed by atoms with Gasteiger partial charge in [0.15, 0.2) is 0 Å². The fraction of sp³-hybridized carbons (Fsp3) is 0.174. The first kappa shape index (κ1) is 19.6. The molecule has 1 heterocycles. The number of para-hydroxylation sites is 2. The molecule has 0 radical (unpaired) electrons. The van der Waals surface area contributed by atoms with Gasteiger partial charge >= 0.3 is 0 Å². The predicted octanol–water partition coefficient (Wildman–Crippen LogP) is 6.49. The molecule has 0 aliphatic carbocycles. The summed E-state index contributed by atoms with van der Waals surface area (Å²) in [5.41, 5.74) is 2.86. The number of methoxy groups -OCH3 is 1. The Morgan fingerprint density at radius 1 is 0.931 bits per heavy atom. The maximum Gasteiger partial charge on any atom is 0.142 e. The van der Waals surface area contributed by atoms with E-state index in [0.717, 1.165) is 46.9 Å². The maximum absolute atomic E-state index is 6.46. The number of benzene rings is 3. The monoisotopic (exact) mass is 426 g/mol. The Labute approximate surface area is 179 Å². The maximum atomic E-state index is 6.46. The average molecular weight is 427 g/mol. The van der Waals surface area contributed by atoms with Crippen molar-refractivity contribution in [3.8, 4) is 22.9 Å². The van der Waals surface area contributed by atoms with Crippen molar-refractivity contribution in [3.63, 3.8) is 0 Å². The van der Waals surface area contributed by atoms with Crippen LogP contribution in [0.2, 0.25) is 10.0 Å². The Morgan fingerprint density at radius 3 is 2.59 bits per heavy atom. The van der Waals surface area contributed by atoms with Gasteiger partial charge in [0, 0.05) is 23.2 Å². The van der Waals surface area contributed by atoms with Crippen LogP contribution in [-0.2, 0) is 6.54 Å². The second kappa shape index (κ2) is 8.76. The van der Waals surface area contributed by atoms with Gasteiger partial charge in [0.25, 0.3) is 0 Å². The quantitative estimate of drug-likeness (QED) is 0.317. The molecule has 0 fully saturated rings. The fourth-order valence-corrected chi connectivity index (χ4v) is 3.77. The average Bonchev–Trinajstić information content (AvgIpc) is 3.09. The SMILES string of the molecule is COc1cccc(OCCCn2c(-c3ccc(Cl)cc3Cl)nc3ccccc32)c1. The number of fused-ring (bicyclic) bond motifs is 1. The number of aryl methyl sites for hydroxylation is 1. The molecule has 0 unspecified atom stereocenters. The van der Waals surface area contributed by atoms with Crippen molar-refractivity contribution in [2.45, 2.75) is 13.0 Å². The zero-order valence-electron chi connectivity index (χ0n) is 15.9. The first-order valence-corrected chi connectivity index (χ1v) is 10.1. The minimum absolute atomic E-state index is 0.577.